The van der Waals surface area contributed by atoms with Crippen molar-refractivity contribution in [2.45, 2.75) is 37.8 Å². The molecule has 3 heterocycles. The predicted octanol–water partition coefficient (Wildman–Crippen LogP) is 3.91. The Morgan fingerprint density at radius 1 is 1.27 bits per heavy atom. The molecule has 2 aromatic heterocycles. The molecule has 3 aromatic rings. The minimum Gasteiger partial charge on any atom is -0.373 e. The van der Waals surface area contributed by atoms with Crippen LogP contribution < -0.4 is 5.32 Å². The van der Waals surface area contributed by atoms with E-state index in [-0.39, 0.29) is 18.1 Å². The molecule has 1 aliphatic heterocycles. The summed E-state index contributed by atoms with van der Waals surface area (Å²) in [6.07, 6.45) is 6.12. The van der Waals surface area contributed by atoms with Gasteiger partial charge in [0.05, 0.1) is 17.9 Å². The number of hydrogen-bond acceptors (Lipinski definition) is 7. The van der Waals surface area contributed by atoms with E-state index in [1.807, 2.05) is 46.7 Å². The zero-order chi connectivity index (χ0) is 21.1. The van der Waals surface area contributed by atoms with Gasteiger partial charge >= 0.3 is 0 Å². The van der Waals surface area contributed by atoms with Gasteiger partial charge in [-0.05, 0) is 44.4 Å². The molecule has 1 saturated heterocycles. The Balaban J connectivity index is 1.37. The van der Waals surface area contributed by atoms with Crippen LogP contribution in [0.15, 0.2) is 47.2 Å². The second-order valence-electron chi connectivity index (χ2n) is 7.38. The van der Waals surface area contributed by atoms with Crippen LogP contribution in [0.2, 0.25) is 0 Å². The molecule has 9 heteroatoms. The van der Waals surface area contributed by atoms with E-state index in [2.05, 4.69) is 34.0 Å². The molecule has 158 valence electrons. The van der Waals surface area contributed by atoms with Crippen molar-refractivity contribution in [2.24, 2.45) is 0 Å². The van der Waals surface area contributed by atoms with E-state index in [0.717, 1.165) is 36.2 Å². The number of amides is 1. The quantitative estimate of drug-likeness (QED) is 0.583. The van der Waals surface area contributed by atoms with E-state index >= 15 is 0 Å². The summed E-state index contributed by atoms with van der Waals surface area (Å²) in [5.74, 6) is -0.160. The number of benzene rings is 1. The number of thioether (sulfide) groups is 1. The Kier molecular flexibility index (Phi) is 6.52. The highest BCUT2D eigenvalue weighted by atomic mass is 32.2. The van der Waals surface area contributed by atoms with Gasteiger partial charge in [0.2, 0.25) is 0 Å². The Morgan fingerprint density at radius 3 is 2.70 bits per heavy atom. The van der Waals surface area contributed by atoms with Crippen molar-refractivity contribution in [3.63, 3.8) is 0 Å². The number of anilines is 1. The molecular formula is C21H25N5O2S2. The van der Waals surface area contributed by atoms with Gasteiger partial charge in [0.25, 0.3) is 5.91 Å². The molecule has 0 radical (unpaired) electrons. The number of nitrogens with one attached hydrogen (secondary N) is 1. The highest BCUT2D eigenvalue weighted by Crippen LogP contribution is 2.21. The van der Waals surface area contributed by atoms with Crippen molar-refractivity contribution in [3.05, 3.63) is 53.3 Å². The molecule has 30 heavy (non-hydrogen) atoms. The zero-order valence-corrected chi connectivity index (χ0v) is 18.9. The van der Waals surface area contributed by atoms with E-state index in [9.17, 15) is 4.79 Å². The maximum Gasteiger partial charge on any atom is 0.257 e. The fourth-order valence-electron chi connectivity index (χ4n) is 3.66. The number of carbonyl (C=O) groups excluding carboxylic acids is 1. The lowest BCUT2D eigenvalue weighted by molar-refractivity contribution is -0.0707. The molecule has 1 amide bonds. The maximum absolute atomic E-state index is 12.6. The van der Waals surface area contributed by atoms with Gasteiger partial charge in [-0.2, -0.15) is 0 Å². The molecule has 0 bridgehead atoms. The van der Waals surface area contributed by atoms with E-state index in [0.29, 0.717) is 10.7 Å². The average molecular weight is 444 g/mol. The molecule has 1 aromatic carbocycles. The Morgan fingerprint density at radius 2 is 2.00 bits per heavy atom. The number of nitrogens with zero attached hydrogens (tertiary/aromatic N) is 4. The molecule has 0 saturated carbocycles. The third kappa shape index (κ3) is 4.92. The summed E-state index contributed by atoms with van der Waals surface area (Å²) < 4.78 is 7.78. The van der Waals surface area contributed by atoms with E-state index in [4.69, 9.17) is 4.74 Å². The van der Waals surface area contributed by atoms with Crippen LogP contribution in [-0.4, -0.2) is 56.9 Å². The van der Waals surface area contributed by atoms with Crippen molar-refractivity contribution in [3.8, 4) is 5.69 Å². The van der Waals surface area contributed by atoms with Gasteiger partial charge < -0.3 is 4.74 Å². The lowest BCUT2D eigenvalue weighted by Gasteiger charge is -2.34. The van der Waals surface area contributed by atoms with Gasteiger partial charge in [-0.25, -0.2) is 9.97 Å². The van der Waals surface area contributed by atoms with Gasteiger partial charge in [0.15, 0.2) is 10.3 Å². The number of imidazole rings is 1. The SMILES string of the molecule is CSc1nccn1-c1ccc(C(=O)Nc2nc(CN3CC(C)OC(C)C3)cs2)cc1. The van der Waals surface area contributed by atoms with Crippen LogP contribution in [0.4, 0.5) is 5.13 Å². The van der Waals surface area contributed by atoms with Gasteiger partial charge in [0, 0.05) is 48.7 Å². The number of carbonyl (C=O) groups is 1. The molecule has 7 nitrogen and oxygen atoms in total. The topological polar surface area (TPSA) is 72.3 Å². The van der Waals surface area contributed by atoms with E-state index < -0.39 is 0 Å². The van der Waals surface area contributed by atoms with Crippen LogP contribution in [0, 0.1) is 0 Å². The third-order valence-electron chi connectivity index (χ3n) is 4.85. The first-order valence-electron chi connectivity index (χ1n) is 9.83. The molecule has 4 rings (SSSR count). The summed E-state index contributed by atoms with van der Waals surface area (Å²) in [5.41, 5.74) is 2.53. The fraction of sp³-hybridized carbons (Fsp3) is 0.381. The largest absolute Gasteiger partial charge is 0.373 e. The average Bonchev–Trinajstić information content (AvgIpc) is 3.36. The van der Waals surface area contributed by atoms with Gasteiger partial charge in [-0.1, -0.05) is 11.8 Å². The predicted molar refractivity (Wildman–Crippen MR) is 121 cm³/mol. The molecule has 0 spiro atoms. The monoisotopic (exact) mass is 443 g/mol. The van der Waals surface area contributed by atoms with Gasteiger partial charge in [-0.3, -0.25) is 19.6 Å². The number of hydrogen-bond donors (Lipinski definition) is 1. The van der Waals surface area contributed by atoms with Crippen LogP contribution >= 0.6 is 23.1 Å². The summed E-state index contributed by atoms with van der Waals surface area (Å²) in [6, 6.07) is 7.48. The van der Waals surface area contributed by atoms with Gasteiger partial charge in [0.1, 0.15) is 0 Å². The zero-order valence-electron chi connectivity index (χ0n) is 17.2. The first kappa shape index (κ1) is 21.0. The molecule has 0 aliphatic carbocycles. The van der Waals surface area contributed by atoms with Crippen molar-refractivity contribution < 1.29 is 9.53 Å². The molecular weight excluding hydrogens is 418 g/mol. The highest BCUT2D eigenvalue weighted by Gasteiger charge is 2.23. The minimum absolute atomic E-state index is 0.160. The molecule has 1 N–H and O–H groups in total. The van der Waals surface area contributed by atoms with Crippen molar-refractivity contribution in [1.29, 1.82) is 0 Å². The van der Waals surface area contributed by atoms with Crippen molar-refractivity contribution in [2.75, 3.05) is 24.7 Å². The van der Waals surface area contributed by atoms with Crippen LogP contribution in [0.25, 0.3) is 5.69 Å². The number of aromatic nitrogens is 3. The summed E-state index contributed by atoms with van der Waals surface area (Å²) >= 11 is 3.03. The number of rotatable bonds is 6. The Bertz CT molecular complexity index is 991. The standard InChI is InChI=1S/C21H25N5O2S2/c1-14-10-25(11-15(2)28-14)12-17-13-30-20(23-17)24-19(27)16-4-6-18(7-5-16)26-9-8-22-21(26)29-3/h4-9,13-15H,10-12H2,1-3H3,(H,23,24,27). The first-order valence-corrected chi connectivity index (χ1v) is 11.9. The summed E-state index contributed by atoms with van der Waals surface area (Å²) in [7, 11) is 0. The Hall–Kier alpha value is -2.20. The van der Waals surface area contributed by atoms with Crippen LogP contribution in [0.3, 0.4) is 0 Å². The second kappa shape index (κ2) is 9.30. The number of ether oxygens (including phenoxy) is 1. The highest BCUT2D eigenvalue weighted by molar-refractivity contribution is 7.98. The van der Waals surface area contributed by atoms with Gasteiger partial charge in [-0.15, -0.1) is 11.3 Å². The van der Waals surface area contributed by atoms with E-state index in [1.54, 1.807) is 18.0 Å². The maximum atomic E-state index is 12.6. The molecule has 2 atom stereocenters. The second-order valence-corrected chi connectivity index (χ2v) is 9.01. The van der Waals surface area contributed by atoms with Crippen molar-refractivity contribution in [1.82, 2.24) is 19.4 Å². The Labute approximate surface area is 184 Å². The van der Waals surface area contributed by atoms with Crippen LogP contribution in [0.5, 0.6) is 0 Å². The first-order chi connectivity index (χ1) is 14.5. The summed E-state index contributed by atoms with van der Waals surface area (Å²) in [4.78, 5) is 23.9. The molecule has 1 fully saturated rings. The molecule has 1 aliphatic rings. The lowest BCUT2D eigenvalue weighted by Crippen LogP contribution is -2.44. The third-order valence-corrected chi connectivity index (χ3v) is 6.32. The normalized spacial score (nSPS) is 19.7. The molecule has 2 unspecified atom stereocenters. The summed E-state index contributed by atoms with van der Waals surface area (Å²) in [5, 5.41) is 6.45. The van der Waals surface area contributed by atoms with Crippen LogP contribution in [-0.2, 0) is 11.3 Å². The lowest BCUT2D eigenvalue weighted by atomic mass is 10.2. The number of morpholine rings is 1. The summed E-state index contributed by atoms with van der Waals surface area (Å²) in [6.45, 7) is 6.74. The van der Waals surface area contributed by atoms with Crippen LogP contribution in [0.1, 0.15) is 29.9 Å². The van der Waals surface area contributed by atoms with Crippen molar-refractivity contribution >= 4 is 34.1 Å². The minimum atomic E-state index is -0.160. The smallest absolute Gasteiger partial charge is 0.257 e. The van der Waals surface area contributed by atoms with E-state index in [1.165, 1.54) is 11.3 Å². The fourth-order valence-corrected chi connectivity index (χ4v) is 4.89. The number of thiazole rings is 1.